The van der Waals surface area contributed by atoms with Crippen LogP contribution in [0.1, 0.15) is 16.1 Å². The fraction of sp³-hybridized carbons (Fsp3) is 0.105. The highest BCUT2D eigenvalue weighted by Gasteiger charge is 2.34. The number of fused-ring (bicyclic) bond motifs is 1. The van der Waals surface area contributed by atoms with Crippen molar-refractivity contribution in [3.8, 4) is 11.4 Å². The molecule has 0 radical (unpaired) electrons. The second-order valence-electron chi connectivity index (χ2n) is 5.92. The van der Waals surface area contributed by atoms with Crippen LogP contribution in [0, 0.1) is 0 Å². The number of rotatable bonds is 3. The fourth-order valence-electron chi connectivity index (χ4n) is 3.11. The van der Waals surface area contributed by atoms with Gasteiger partial charge in [-0.05, 0) is 24.3 Å². The minimum Gasteiger partial charge on any atom is -0.465 e. The molecule has 4 rings (SSSR count). The molecule has 26 heavy (non-hydrogen) atoms. The normalized spacial score (nSPS) is 13.4. The summed E-state index contributed by atoms with van der Waals surface area (Å²) < 4.78 is 0. The number of carbonyl (C=O) groups is 2. The Morgan fingerprint density at radius 2 is 1.92 bits per heavy atom. The van der Waals surface area contributed by atoms with Gasteiger partial charge in [-0.2, -0.15) is 0 Å². The molecular weight excluding hydrogens is 332 g/mol. The number of nitrogens with one attached hydrogen (secondary N) is 2. The van der Waals surface area contributed by atoms with Gasteiger partial charge in [-0.25, -0.2) is 9.69 Å². The van der Waals surface area contributed by atoms with Gasteiger partial charge in [0.05, 0.1) is 22.6 Å². The lowest BCUT2D eigenvalue weighted by molar-refractivity contribution is 0.0728. The van der Waals surface area contributed by atoms with Crippen molar-refractivity contribution in [1.29, 1.82) is 0 Å². The zero-order valence-electron chi connectivity index (χ0n) is 13.8. The number of hydrogen-bond acceptors (Lipinski definition) is 4. The van der Waals surface area contributed by atoms with Crippen molar-refractivity contribution in [2.45, 2.75) is 6.42 Å². The van der Waals surface area contributed by atoms with Crippen LogP contribution in [-0.2, 0) is 6.42 Å². The van der Waals surface area contributed by atoms with Crippen LogP contribution in [0.5, 0.6) is 0 Å². The van der Waals surface area contributed by atoms with E-state index in [1.807, 2.05) is 48.5 Å². The first-order chi connectivity index (χ1) is 12.6. The van der Waals surface area contributed by atoms with Gasteiger partial charge >= 0.3 is 6.09 Å². The summed E-state index contributed by atoms with van der Waals surface area (Å²) in [6.45, 7) is 0.133. The minimum atomic E-state index is -1.24. The molecule has 1 aliphatic rings. The van der Waals surface area contributed by atoms with Gasteiger partial charge in [-0.3, -0.25) is 9.78 Å². The van der Waals surface area contributed by atoms with Crippen molar-refractivity contribution in [3.63, 3.8) is 0 Å². The lowest BCUT2D eigenvalue weighted by Crippen LogP contribution is -2.41. The number of anilines is 2. The van der Waals surface area contributed by atoms with Crippen molar-refractivity contribution in [2.24, 2.45) is 0 Å². The van der Waals surface area contributed by atoms with Crippen LogP contribution < -0.4 is 5.32 Å². The predicted octanol–water partition coefficient (Wildman–Crippen LogP) is 3.50. The first kappa shape index (κ1) is 15.9. The van der Waals surface area contributed by atoms with E-state index in [1.54, 1.807) is 6.20 Å². The Hall–Kier alpha value is -3.61. The van der Waals surface area contributed by atoms with E-state index in [0.717, 1.165) is 10.6 Å². The molecule has 0 saturated heterocycles. The number of benzene rings is 1. The average Bonchev–Trinajstić information content (AvgIpc) is 3.02. The molecular formula is C19H16N4O3. The Morgan fingerprint density at radius 1 is 1.15 bits per heavy atom. The smallest absolute Gasteiger partial charge is 0.414 e. The van der Waals surface area contributed by atoms with Crippen LogP contribution in [0.25, 0.3) is 11.4 Å². The molecule has 1 aromatic carbocycles. The quantitative estimate of drug-likeness (QED) is 0.673. The third kappa shape index (κ3) is 2.69. The molecule has 3 N–H and O–H groups in total. The number of imide groups is 1. The second kappa shape index (κ2) is 6.36. The van der Waals surface area contributed by atoms with Crippen LogP contribution in [0.4, 0.5) is 16.2 Å². The van der Waals surface area contributed by atoms with E-state index in [0.29, 0.717) is 34.8 Å². The standard InChI is InChI=1S/C19H16N4O3/c24-18-15-13(9-11-23(18)19(25)26)22-16(14-8-4-5-10-20-14)17(15)21-12-6-2-1-3-7-12/h1-8,10,21-22H,9,11H2,(H,25,26). The van der Waals surface area contributed by atoms with E-state index in [9.17, 15) is 14.7 Å². The third-order valence-corrected chi connectivity index (χ3v) is 4.32. The van der Waals surface area contributed by atoms with Crippen LogP contribution in [0.3, 0.4) is 0 Å². The van der Waals surface area contributed by atoms with Crippen molar-refractivity contribution in [2.75, 3.05) is 11.9 Å². The largest absolute Gasteiger partial charge is 0.465 e. The Kier molecular flexibility index (Phi) is 3.89. The number of aromatic nitrogens is 2. The van der Waals surface area contributed by atoms with E-state index in [1.165, 1.54) is 0 Å². The van der Waals surface area contributed by atoms with Crippen molar-refractivity contribution >= 4 is 23.4 Å². The lowest BCUT2D eigenvalue weighted by atomic mass is 10.0. The number of nitrogens with zero attached hydrogens (tertiary/aromatic N) is 2. The van der Waals surface area contributed by atoms with Gasteiger partial charge in [0.25, 0.3) is 5.91 Å². The second-order valence-corrected chi connectivity index (χ2v) is 5.92. The van der Waals surface area contributed by atoms with Gasteiger partial charge in [0.15, 0.2) is 0 Å². The van der Waals surface area contributed by atoms with E-state index >= 15 is 0 Å². The van der Waals surface area contributed by atoms with Gasteiger partial charge in [-0.1, -0.05) is 24.3 Å². The summed E-state index contributed by atoms with van der Waals surface area (Å²) in [5.74, 6) is -0.532. The molecule has 130 valence electrons. The number of amides is 2. The Bertz CT molecular complexity index is 967. The van der Waals surface area contributed by atoms with Gasteiger partial charge in [0.2, 0.25) is 0 Å². The number of pyridine rings is 1. The first-order valence-corrected chi connectivity index (χ1v) is 8.18. The van der Waals surface area contributed by atoms with E-state index in [2.05, 4.69) is 15.3 Å². The maximum atomic E-state index is 12.8. The molecule has 0 unspecified atom stereocenters. The van der Waals surface area contributed by atoms with Crippen molar-refractivity contribution in [1.82, 2.24) is 14.9 Å². The maximum Gasteiger partial charge on any atom is 0.414 e. The average molecular weight is 348 g/mol. The van der Waals surface area contributed by atoms with Gasteiger partial charge in [-0.15, -0.1) is 0 Å². The summed E-state index contributed by atoms with van der Waals surface area (Å²) in [7, 11) is 0. The molecule has 7 nitrogen and oxygen atoms in total. The molecule has 0 fully saturated rings. The lowest BCUT2D eigenvalue weighted by Gasteiger charge is -2.23. The Labute approximate surface area is 149 Å². The van der Waals surface area contributed by atoms with E-state index in [4.69, 9.17) is 0 Å². The van der Waals surface area contributed by atoms with Crippen LogP contribution in [0.2, 0.25) is 0 Å². The summed E-state index contributed by atoms with van der Waals surface area (Å²) >= 11 is 0. The van der Waals surface area contributed by atoms with Crippen LogP contribution >= 0.6 is 0 Å². The number of H-pyrrole nitrogens is 1. The Morgan fingerprint density at radius 3 is 2.62 bits per heavy atom. The molecule has 3 aromatic rings. The van der Waals surface area contributed by atoms with Gasteiger partial charge in [0, 0.05) is 30.5 Å². The number of hydrogen-bond donors (Lipinski definition) is 3. The first-order valence-electron chi connectivity index (χ1n) is 8.18. The number of carboxylic acid groups (broad SMARTS) is 1. The van der Waals surface area contributed by atoms with Gasteiger partial charge in [0.1, 0.15) is 0 Å². The predicted molar refractivity (Wildman–Crippen MR) is 96.5 cm³/mol. The molecule has 3 heterocycles. The Balaban J connectivity index is 1.87. The topological polar surface area (TPSA) is 98.3 Å². The van der Waals surface area contributed by atoms with E-state index in [-0.39, 0.29) is 6.54 Å². The fourth-order valence-corrected chi connectivity index (χ4v) is 3.11. The highest BCUT2D eigenvalue weighted by molar-refractivity contribution is 6.10. The zero-order valence-corrected chi connectivity index (χ0v) is 13.8. The van der Waals surface area contributed by atoms with E-state index < -0.39 is 12.0 Å². The number of para-hydroxylation sites is 1. The van der Waals surface area contributed by atoms with Crippen LogP contribution in [-0.4, -0.2) is 38.5 Å². The van der Waals surface area contributed by atoms with Crippen LogP contribution in [0.15, 0.2) is 54.7 Å². The molecule has 0 atom stereocenters. The zero-order chi connectivity index (χ0) is 18.1. The molecule has 0 saturated carbocycles. The summed E-state index contributed by atoms with van der Waals surface area (Å²) in [4.78, 5) is 32.6. The SMILES string of the molecule is O=C(O)N1CCc2[nH]c(-c3ccccn3)c(Nc3ccccc3)c2C1=O. The summed E-state index contributed by atoms with van der Waals surface area (Å²) in [6.07, 6.45) is 0.864. The van der Waals surface area contributed by atoms with Gasteiger partial charge < -0.3 is 15.4 Å². The maximum absolute atomic E-state index is 12.8. The highest BCUT2D eigenvalue weighted by atomic mass is 16.4. The molecule has 2 aromatic heterocycles. The third-order valence-electron chi connectivity index (χ3n) is 4.32. The molecule has 0 aliphatic carbocycles. The highest BCUT2D eigenvalue weighted by Crippen LogP contribution is 2.37. The summed E-state index contributed by atoms with van der Waals surface area (Å²) in [5, 5.41) is 12.6. The van der Waals surface area contributed by atoms with Crippen molar-refractivity contribution in [3.05, 3.63) is 66.0 Å². The number of carbonyl (C=O) groups excluding carboxylic acids is 1. The molecule has 7 heteroatoms. The summed E-state index contributed by atoms with van der Waals surface area (Å²) in [5.41, 5.74) is 3.75. The molecule has 0 bridgehead atoms. The molecule has 2 amide bonds. The monoisotopic (exact) mass is 348 g/mol. The summed E-state index contributed by atoms with van der Waals surface area (Å²) in [6, 6.07) is 14.9. The van der Waals surface area contributed by atoms with Crippen molar-refractivity contribution < 1.29 is 14.7 Å². The molecule has 1 aliphatic heterocycles. The number of aromatic amines is 1. The minimum absolute atomic E-state index is 0.133. The molecule has 0 spiro atoms.